The number of carbonyl (C=O) groups is 1. The number of hydrogen-bond acceptors (Lipinski definition) is 3. The lowest BCUT2D eigenvalue weighted by molar-refractivity contribution is 0.241. The average Bonchev–Trinajstić information content (AvgIpc) is 2.34. The second kappa shape index (κ2) is 8.30. The summed E-state index contributed by atoms with van der Waals surface area (Å²) in [7, 11) is 0. The molecule has 2 amide bonds. The Hall–Kier alpha value is -0.910. The van der Waals surface area contributed by atoms with Crippen molar-refractivity contribution in [2.75, 3.05) is 23.9 Å². The van der Waals surface area contributed by atoms with E-state index in [-0.39, 0.29) is 18.7 Å². The average molecular weight is 303 g/mol. The van der Waals surface area contributed by atoms with Crippen LogP contribution in [-0.2, 0) is 0 Å². The third-order valence-corrected chi connectivity index (χ3v) is 3.75. The summed E-state index contributed by atoms with van der Waals surface area (Å²) >= 11 is 7.62. The first-order chi connectivity index (χ1) is 9.06. The van der Waals surface area contributed by atoms with Crippen LogP contribution in [-0.4, -0.2) is 35.8 Å². The van der Waals surface area contributed by atoms with Gasteiger partial charge in [0, 0.05) is 29.1 Å². The van der Waals surface area contributed by atoms with Crippen molar-refractivity contribution in [2.24, 2.45) is 0 Å². The van der Waals surface area contributed by atoms with E-state index in [2.05, 4.69) is 10.6 Å². The predicted octanol–water partition coefficient (Wildman–Crippen LogP) is 2.88. The Morgan fingerprint density at radius 2 is 2.26 bits per heavy atom. The van der Waals surface area contributed by atoms with Crippen molar-refractivity contribution in [1.29, 1.82) is 0 Å². The van der Waals surface area contributed by atoms with Crippen LogP contribution in [0.15, 0.2) is 18.2 Å². The van der Waals surface area contributed by atoms with E-state index in [1.165, 1.54) is 0 Å². The largest absolute Gasteiger partial charge is 0.396 e. The number of halogens is 1. The number of aryl methyl sites for hydroxylation is 1. The van der Waals surface area contributed by atoms with Gasteiger partial charge in [-0.3, -0.25) is 0 Å². The van der Waals surface area contributed by atoms with Crippen molar-refractivity contribution in [2.45, 2.75) is 19.4 Å². The van der Waals surface area contributed by atoms with E-state index in [0.29, 0.717) is 17.1 Å². The van der Waals surface area contributed by atoms with Gasteiger partial charge in [0.25, 0.3) is 0 Å². The van der Waals surface area contributed by atoms with Crippen molar-refractivity contribution >= 4 is 35.1 Å². The molecule has 1 unspecified atom stereocenters. The Bertz CT molecular complexity index is 423. The molecule has 3 N–H and O–H groups in total. The molecule has 0 aromatic heterocycles. The number of aliphatic hydroxyl groups is 1. The smallest absolute Gasteiger partial charge is 0.319 e. The summed E-state index contributed by atoms with van der Waals surface area (Å²) in [5.74, 6) is 0.767. The van der Waals surface area contributed by atoms with Gasteiger partial charge in [0.2, 0.25) is 0 Å². The number of aliphatic hydroxyl groups excluding tert-OH is 1. The fraction of sp³-hybridized carbons (Fsp3) is 0.462. The molecule has 0 bridgehead atoms. The van der Waals surface area contributed by atoms with E-state index >= 15 is 0 Å². The molecule has 0 saturated heterocycles. The van der Waals surface area contributed by atoms with Crippen molar-refractivity contribution in [3.8, 4) is 0 Å². The van der Waals surface area contributed by atoms with Gasteiger partial charge in [-0.05, 0) is 37.3 Å². The molecule has 106 valence electrons. The minimum atomic E-state index is -0.285. The van der Waals surface area contributed by atoms with Crippen molar-refractivity contribution < 1.29 is 9.90 Å². The van der Waals surface area contributed by atoms with Crippen LogP contribution in [0.2, 0.25) is 5.02 Å². The van der Waals surface area contributed by atoms with Crippen LogP contribution < -0.4 is 10.6 Å². The Kier molecular flexibility index (Phi) is 7.05. The first kappa shape index (κ1) is 16.1. The Morgan fingerprint density at radius 1 is 1.53 bits per heavy atom. The van der Waals surface area contributed by atoms with Gasteiger partial charge >= 0.3 is 6.03 Å². The molecule has 0 aliphatic rings. The zero-order valence-corrected chi connectivity index (χ0v) is 12.6. The topological polar surface area (TPSA) is 61.4 Å². The van der Waals surface area contributed by atoms with Gasteiger partial charge in [0.05, 0.1) is 0 Å². The van der Waals surface area contributed by atoms with Crippen LogP contribution in [0, 0.1) is 6.92 Å². The number of amides is 2. The standard InChI is InChI=1S/C13H19ClN2O2S/c1-9-3-4-10(7-12(9)14)15-13(18)16-11(5-6-17)8-19-2/h3-4,7,11,17H,5-6,8H2,1-2H3,(H2,15,16,18). The van der Waals surface area contributed by atoms with E-state index < -0.39 is 0 Å². The summed E-state index contributed by atoms with van der Waals surface area (Å²) in [4.78, 5) is 11.8. The molecule has 1 aromatic rings. The highest BCUT2D eigenvalue weighted by Gasteiger charge is 2.11. The first-order valence-electron chi connectivity index (χ1n) is 6.00. The quantitative estimate of drug-likeness (QED) is 0.757. The van der Waals surface area contributed by atoms with Crippen LogP contribution in [0.25, 0.3) is 0 Å². The number of urea groups is 1. The highest BCUT2D eigenvalue weighted by atomic mass is 35.5. The second-order valence-corrected chi connectivity index (χ2v) is 5.54. The normalized spacial score (nSPS) is 12.0. The summed E-state index contributed by atoms with van der Waals surface area (Å²) in [5, 5.41) is 15.1. The molecule has 0 aliphatic heterocycles. The van der Waals surface area contributed by atoms with E-state index in [1.807, 2.05) is 19.2 Å². The third-order valence-electron chi connectivity index (χ3n) is 2.61. The number of nitrogens with one attached hydrogen (secondary N) is 2. The Morgan fingerprint density at radius 3 is 2.84 bits per heavy atom. The third kappa shape index (κ3) is 5.72. The molecular formula is C13H19ClN2O2S. The Labute approximate surface area is 122 Å². The molecule has 4 nitrogen and oxygen atoms in total. The lowest BCUT2D eigenvalue weighted by Crippen LogP contribution is -2.40. The zero-order chi connectivity index (χ0) is 14.3. The summed E-state index contributed by atoms with van der Waals surface area (Å²) < 4.78 is 0. The van der Waals surface area contributed by atoms with E-state index in [0.717, 1.165) is 11.3 Å². The summed E-state index contributed by atoms with van der Waals surface area (Å²) in [6, 6.07) is 5.04. The lowest BCUT2D eigenvalue weighted by Gasteiger charge is -2.17. The Balaban J connectivity index is 2.55. The maximum Gasteiger partial charge on any atom is 0.319 e. The van der Waals surface area contributed by atoms with Gasteiger partial charge in [-0.2, -0.15) is 11.8 Å². The maximum absolute atomic E-state index is 11.8. The molecule has 6 heteroatoms. The minimum absolute atomic E-state index is 0.0408. The SMILES string of the molecule is CSCC(CCO)NC(=O)Nc1ccc(C)c(Cl)c1. The molecule has 1 aromatic carbocycles. The zero-order valence-electron chi connectivity index (χ0n) is 11.1. The molecule has 0 fully saturated rings. The summed E-state index contributed by atoms with van der Waals surface area (Å²) in [6.45, 7) is 1.96. The number of thioether (sulfide) groups is 1. The number of hydrogen-bond donors (Lipinski definition) is 3. The van der Waals surface area contributed by atoms with E-state index in [4.69, 9.17) is 16.7 Å². The minimum Gasteiger partial charge on any atom is -0.396 e. The van der Waals surface area contributed by atoms with Gasteiger partial charge in [-0.15, -0.1) is 0 Å². The van der Waals surface area contributed by atoms with Crippen LogP contribution in [0.3, 0.4) is 0 Å². The van der Waals surface area contributed by atoms with Gasteiger partial charge in [-0.25, -0.2) is 4.79 Å². The molecule has 1 rings (SSSR count). The van der Waals surface area contributed by atoms with Gasteiger partial charge in [-0.1, -0.05) is 17.7 Å². The molecule has 0 spiro atoms. The molecule has 0 radical (unpaired) electrons. The van der Waals surface area contributed by atoms with E-state index in [1.54, 1.807) is 23.9 Å². The molecule has 0 saturated carbocycles. The van der Waals surface area contributed by atoms with Gasteiger partial charge < -0.3 is 15.7 Å². The number of benzene rings is 1. The highest BCUT2D eigenvalue weighted by Crippen LogP contribution is 2.19. The molecule has 19 heavy (non-hydrogen) atoms. The van der Waals surface area contributed by atoms with Crippen LogP contribution >= 0.6 is 23.4 Å². The first-order valence-corrected chi connectivity index (χ1v) is 7.77. The van der Waals surface area contributed by atoms with Crippen LogP contribution in [0.1, 0.15) is 12.0 Å². The highest BCUT2D eigenvalue weighted by molar-refractivity contribution is 7.98. The lowest BCUT2D eigenvalue weighted by atomic mass is 10.2. The number of anilines is 1. The number of rotatable bonds is 6. The predicted molar refractivity (Wildman–Crippen MR) is 82.2 cm³/mol. The molecular weight excluding hydrogens is 284 g/mol. The monoisotopic (exact) mass is 302 g/mol. The molecule has 0 heterocycles. The summed E-state index contributed by atoms with van der Waals surface area (Å²) in [5.41, 5.74) is 1.62. The van der Waals surface area contributed by atoms with Crippen LogP contribution in [0.4, 0.5) is 10.5 Å². The second-order valence-electron chi connectivity index (χ2n) is 4.23. The van der Waals surface area contributed by atoms with Gasteiger partial charge in [0.1, 0.15) is 0 Å². The maximum atomic E-state index is 11.8. The van der Waals surface area contributed by atoms with Crippen molar-refractivity contribution in [3.63, 3.8) is 0 Å². The van der Waals surface area contributed by atoms with Crippen molar-refractivity contribution in [1.82, 2.24) is 5.32 Å². The molecule has 1 atom stereocenters. The van der Waals surface area contributed by atoms with Crippen molar-refractivity contribution in [3.05, 3.63) is 28.8 Å². The number of carbonyl (C=O) groups excluding carboxylic acids is 1. The summed E-state index contributed by atoms with van der Waals surface area (Å²) in [6.07, 6.45) is 2.51. The van der Waals surface area contributed by atoms with E-state index in [9.17, 15) is 4.79 Å². The molecule has 0 aliphatic carbocycles. The van der Waals surface area contributed by atoms with Crippen LogP contribution in [0.5, 0.6) is 0 Å². The fourth-order valence-electron chi connectivity index (χ4n) is 1.58. The fourth-order valence-corrected chi connectivity index (χ4v) is 2.41. The van der Waals surface area contributed by atoms with Gasteiger partial charge in [0.15, 0.2) is 0 Å².